The van der Waals surface area contributed by atoms with Gasteiger partial charge in [-0.2, -0.15) is 13.2 Å². The Labute approximate surface area is 388 Å². The molecule has 8 bridgehead atoms. The van der Waals surface area contributed by atoms with Gasteiger partial charge in [-0.25, -0.2) is 19.2 Å². The van der Waals surface area contributed by atoms with Crippen LogP contribution in [0, 0.1) is 59.2 Å². The van der Waals surface area contributed by atoms with Gasteiger partial charge in [0.15, 0.2) is 5.60 Å². The number of carbonyl (C=O) groups is 5. The molecule has 0 aromatic carbocycles. The lowest BCUT2D eigenvalue weighted by Crippen LogP contribution is -2.58. The summed E-state index contributed by atoms with van der Waals surface area (Å²) < 4.78 is 65.4. The van der Waals surface area contributed by atoms with Crippen LogP contribution in [0.2, 0.25) is 0 Å². The van der Waals surface area contributed by atoms with Gasteiger partial charge in [0.25, 0.3) is 0 Å². The Bertz CT molecular complexity index is 1920. The predicted molar refractivity (Wildman–Crippen MR) is 239 cm³/mol. The molecule has 10 fully saturated rings. The van der Waals surface area contributed by atoms with E-state index in [0.717, 1.165) is 50.9 Å². The van der Waals surface area contributed by atoms with Crippen LogP contribution in [0.25, 0.3) is 0 Å². The lowest BCUT2D eigenvalue weighted by molar-refractivity contribution is -0.259. The van der Waals surface area contributed by atoms with Crippen LogP contribution in [0.4, 0.5) is 13.2 Å². The van der Waals surface area contributed by atoms with Gasteiger partial charge in [0.05, 0.1) is 5.92 Å². The molecule has 1 heterocycles. The minimum Gasteiger partial charge on any atom is -0.459 e. The van der Waals surface area contributed by atoms with Crippen LogP contribution >= 0.6 is 0 Å². The maximum absolute atomic E-state index is 12.7. The first kappa shape index (κ1) is 51.5. The number of fused-ring (bicyclic) bond motifs is 3. The molecule has 10 rings (SSSR count). The quantitative estimate of drug-likeness (QED) is 0.127. The Morgan fingerprint density at radius 2 is 1.20 bits per heavy atom. The van der Waals surface area contributed by atoms with E-state index in [9.17, 15) is 42.3 Å². The van der Waals surface area contributed by atoms with Crippen molar-refractivity contribution in [3.05, 3.63) is 48.6 Å². The zero-order chi connectivity index (χ0) is 48.8. The van der Waals surface area contributed by atoms with Gasteiger partial charge in [-0.1, -0.05) is 26.3 Å². The molecule has 14 heteroatoms. The molecule has 10 atom stereocenters. The molecule has 9 saturated carbocycles. The van der Waals surface area contributed by atoms with Crippen molar-refractivity contribution < 1.29 is 65.9 Å². The zero-order valence-electron chi connectivity index (χ0n) is 40.1. The first-order valence-electron chi connectivity index (χ1n) is 24.1. The van der Waals surface area contributed by atoms with E-state index in [1.165, 1.54) is 44.9 Å². The van der Waals surface area contributed by atoms with E-state index < -0.39 is 17.7 Å². The van der Waals surface area contributed by atoms with Crippen molar-refractivity contribution in [3.8, 4) is 0 Å². The minimum atomic E-state index is -4.61. The molecule has 0 amide bonds. The predicted octanol–water partition coefficient (Wildman–Crippen LogP) is 10.0. The second-order valence-corrected chi connectivity index (χ2v) is 22.2. The molecule has 10 unspecified atom stereocenters. The summed E-state index contributed by atoms with van der Waals surface area (Å²) in [4.78, 5) is 57.5. The van der Waals surface area contributed by atoms with Crippen LogP contribution < -0.4 is 0 Å². The average molecular weight is 931 g/mol. The number of halogens is 3. The van der Waals surface area contributed by atoms with Gasteiger partial charge in [-0.3, -0.25) is 4.79 Å². The number of rotatable bonds is 10. The molecule has 0 spiro atoms. The monoisotopic (exact) mass is 931 g/mol. The van der Waals surface area contributed by atoms with E-state index in [4.69, 9.17) is 23.7 Å². The maximum Gasteiger partial charge on any atom is 0.416 e. The van der Waals surface area contributed by atoms with Crippen LogP contribution in [0.15, 0.2) is 48.6 Å². The highest BCUT2D eigenvalue weighted by molar-refractivity contribution is 5.88. The summed E-state index contributed by atoms with van der Waals surface area (Å²) in [5, 5.41) is 9.60. The summed E-state index contributed by atoms with van der Waals surface area (Å²) in [5.74, 6) is 2.33. The Morgan fingerprint density at radius 1 is 0.682 bits per heavy atom. The molecule has 10 aliphatic rings. The average Bonchev–Trinajstić information content (AvgIpc) is 4.07. The third kappa shape index (κ3) is 11.2. The van der Waals surface area contributed by atoms with Gasteiger partial charge in [0.1, 0.15) is 29.5 Å². The number of carbonyl (C=O) groups excluding carboxylic acids is 5. The summed E-state index contributed by atoms with van der Waals surface area (Å²) in [6.07, 6.45) is 8.99. The number of hydrogen-bond acceptors (Lipinski definition) is 11. The van der Waals surface area contributed by atoms with Gasteiger partial charge >= 0.3 is 36.0 Å². The fourth-order valence-electron chi connectivity index (χ4n) is 13.0. The van der Waals surface area contributed by atoms with Gasteiger partial charge in [-0.05, 0) is 186 Å². The largest absolute Gasteiger partial charge is 0.459 e. The highest BCUT2D eigenvalue weighted by atomic mass is 19.4. The van der Waals surface area contributed by atoms with Crippen molar-refractivity contribution in [3.63, 3.8) is 0 Å². The smallest absolute Gasteiger partial charge is 0.416 e. The fraction of sp³-hybridized carbons (Fsp3) is 0.750. The van der Waals surface area contributed by atoms with E-state index in [-0.39, 0.29) is 89.4 Å². The number of alkyl halides is 3. The molecular weight excluding hydrogens is 858 g/mol. The second-order valence-electron chi connectivity index (χ2n) is 22.2. The number of hydrogen-bond donors (Lipinski definition) is 1. The van der Waals surface area contributed by atoms with Crippen LogP contribution in [-0.4, -0.2) is 76.2 Å². The van der Waals surface area contributed by atoms with Crippen LogP contribution in [0.3, 0.4) is 0 Å². The Balaban J connectivity index is 0.000000148. The molecule has 0 radical (unpaired) electrons. The molecule has 1 aliphatic heterocycles. The van der Waals surface area contributed by atoms with Gasteiger partial charge < -0.3 is 28.8 Å². The minimum absolute atomic E-state index is 0.0646. The SMILES string of the molecule is C=C(C)C(=O)OC1(C)C2CC3CC(C2)CC1C3.C=C(C)C(=O)OC1(C)CCCC1.C=C(C)C(=O)OC1C2CC3C(=O)OC1C3C2.C=C(C)C(=O)OC1CC2CC1CC2CC(C)(O)C(F)(F)F. The number of aliphatic hydroxyl groups is 1. The van der Waals surface area contributed by atoms with Crippen molar-refractivity contribution in [2.45, 2.75) is 186 Å². The summed E-state index contributed by atoms with van der Waals surface area (Å²) in [6, 6.07) is 0. The maximum atomic E-state index is 12.7. The summed E-state index contributed by atoms with van der Waals surface area (Å²) in [5.41, 5.74) is -1.33. The molecule has 1 saturated heterocycles. The third-order valence-electron chi connectivity index (χ3n) is 16.6. The van der Waals surface area contributed by atoms with E-state index in [1.54, 1.807) is 27.7 Å². The van der Waals surface area contributed by atoms with Gasteiger partial charge in [0.2, 0.25) is 0 Å². The number of ether oxygens (including phenoxy) is 5. The lowest BCUT2D eigenvalue weighted by Gasteiger charge is -2.59. The third-order valence-corrected chi connectivity index (χ3v) is 16.6. The highest BCUT2D eigenvalue weighted by Gasteiger charge is 2.63. The Hall–Kier alpha value is -3.94. The molecule has 0 aromatic rings. The first-order valence-corrected chi connectivity index (χ1v) is 24.1. The normalized spacial score (nSPS) is 37.3. The zero-order valence-corrected chi connectivity index (χ0v) is 40.1. The van der Waals surface area contributed by atoms with Crippen molar-refractivity contribution in [1.82, 2.24) is 0 Å². The number of esters is 5. The summed E-state index contributed by atoms with van der Waals surface area (Å²) >= 11 is 0. The van der Waals surface area contributed by atoms with Crippen molar-refractivity contribution >= 4 is 29.8 Å². The van der Waals surface area contributed by atoms with Crippen LogP contribution in [0.1, 0.15) is 145 Å². The molecule has 0 aromatic heterocycles. The fourth-order valence-corrected chi connectivity index (χ4v) is 13.0. The molecular formula is C52H73F3O11. The standard InChI is InChI=1S/C15H21F3O3.C15H22O2.C12H14O4.C10H16O2/c1-8(2)13(19)21-12-6-9-4-10(12)5-11(9)7-14(3,20)15(16,17)18;1-9(2)14(16)17-15(3)12-5-10-4-11(7-12)8-13(15)6-10;1-5(2)11(13)15-9-6-3-7-8(4-6)12(14)16-10(7)9;1-8(2)9(11)12-10(3)6-4-5-7-10/h9-12,20H,1,4-7H2,2-3H3;10-13H,1,4-8H2,2-3H3;6-10H,1,3-4H2,2H3;1,4-7H2,2-3H3. The van der Waals surface area contributed by atoms with Gasteiger partial charge in [-0.15, -0.1) is 0 Å². The highest BCUT2D eigenvalue weighted by Crippen LogP contribution is 2.60. The van der Waals surface area contributed by atoms with E-state index in [1.807, 2.05) is 6.92 Å². The van der Waals surface area contributed by atoms with Crippen LogP contribution in [0.5, 0.6) is 0 Å². The molecule has 11 nitrogen and oxygen atoms in total. The molecule has 1 N–H and O–H groups in total. The van der Waals surface area contributed by atoms with E-state index in [2.05, 4.69) is 33.2 Å². The van der Waals surface area contributed by atoms with Crippen molar-refractivity contribution in [2.75, 3.05) is 0 Å². The first-order chi connectivity index (χ1) is 30.6. The summed E-state index contributed by atoms with van der Waals surface area (Å²) in [7, 11) is 0. The van der Waals surface area contributed by atoms with E-state index >= 15 is 0 Å². The molecule has 66 heavy (non-hydrogen) atoms. The van der Waals surface area contributed by atoms with Gasteiger partial charge in [0, 0.05) is 34.1 Å². The topological polar surface area (TPSA) is 152 Å². The Morgan fingerprint density at radius 3 is 1.68 bits per heavy atom. The summed E-state index contributed by atoms with van der Waals surface area (Å²) in [6.45, 7) is 25.9. The Kier molecular flexibility index (Phi) is 15.3. The second kappa shape index (κ2) is 19.6. The molecule has 9 aliphatic carbocycles. The van der Waals surface area contributed by atoms with Crippen molar-refractivity contribution in [1.29, 1.82) is 0 Å². The lowest BCUT2D eigenvalue weighted by atomic mass is 9.50. The molecule has 368 valence electrons. The van der Waals surface area contributed by atoms with Crippen LogP contribution in [-0.2, 0) is 47.7 Å². The van der Waals surface area contributed by atoms with E-state index in [0.29, 0.717) is 52.9 Å². The van der Waals surface area contributed by atoms with Crippen molar-refractivity contribution in [2.24, 2.45) is 59.2 Å².